The maximum Gasteiger partial charge on any atom is 0.259 e. The minimum absolute atomic E-state index is 0.0978. The minimum Gasteiger partial charge on any atom is -0.496 e. The molecular weight excluding hydrogens is 717 g/mol. The molecular formula is C38H46N6O7S2. The van der Waals surface area contributed by atoms with Gasteiger partial charge >= 0.3 is 0 Å². The summed E-state index contributed by atoms with van der Waals surface area (Å²) in [5.41, 5.74) is 8.30. The highest BCUT2D eigenvalue weighted by Gasteiger charge is 2.62. The van der Waals surface area contributed by atoms with Gasteiger partial charge in [-0.1, -0.05) is 25.0 Å². The number of amides is 3. The Hall–Kier alpha value is -4.08. The summed E-state index contributed by atoms with van der Waals surface area (Å²) in [6.07, 6.45) is 10.7. The van der Waals surface area contributed by atoms with Gasteiger partial charge in [-0.15, -0.1) is 11.3 Å². The molecule has 15 heteroatoms. The number of benzene rings is 1. The second-order valence-corrected chi connectivity index (χ2v) is 18.1. The highest BCUT2D eigenvalue weighted by Crippen LogP contribution is 2.46. The first-order valence-electron chi connectivity index (χ1n) is 18.7. The molecule has 0 radical (unpaired) electrons. The quantitative estimate of drug-likeness (QED) is 0.281. The summed E-state index contributed by atoms with van der Waals surface area (Å²) in [7, 11) is -2.23. The van der Waals surface area contributed by atoms with Gasteiger partial charge in [0.1, 0.15) is 39.9 Å². The number of rotatable bonds is 8. The third-order valence-electron chi connectivity index (χ3n) is 11.3. The molecule has 1 saturated heterocycles. The average Bonchev–Trinajstić information content (AvgIpc) is 4.09. The number of pyridine rings is 1. The molecule has 2 aromatic heterocycles. The monoisotopic (exact) mass is 762 g/mol. The van der Waals surface area contributed by atoms with Gasteiger partial charge in [-0.2, -0.15) is 0 Å². The van der Waals surface area contributed by atoms with Crippen molar-refractivity contribution >= 4 is 50.0 Å². The molecule has 8 rings (SSSR count). The first-order chi connectivity index (χ1) is 25.5. The van der Waals surface area contributed by atoms with Crippen molar-refractivity contribution in [3.05, 3.63) is 47.0 Å². The summed E-state index contributed by atoms with van der Waals surface area (Å²) in [4.78, 5) is 53.3. The van der Waals surface area contributed by atoms with Gasteiger partial charge in [0.2, 0.25) is 21.8 Å². The summed E-state index contributed by atoms with van der Waals surface area (Å²) in [5.74, 6) is -0.306. The van der Waals surface area contributed by atoms with Gasteiger partial charge in [-0.3, -0.25) is 19.1 Å². The van der Waals surface area contributed by atoms with Crippen molar-refractivity contribution < 1.29 is 32.3 Å². The Labute approximate surface area is 313 Å². The molecule has 4 fully saturated rings. The molecule has 3 saturated carbocycles. The number of sulfonamides is 1. The van der Waals surface area contributed by atoms with Crippen LogP contribution in [0.1, 0.15) is 87.8 Å². The molecule has 13 nitrogen and oxygen atoms in total. The summed E-state index contributed by atoms with van der Waals surface area (Å²) in [6.45, 7) is 2.04. The van der Waals surface area contributed by atoms with Gasteiger partial charge in [0.05, 0.1) is 36.2 Å². The lowest BCUT2D eigenvalue weighted by Gasteiger charge is -2.28. The maximum absolute atomic E-state index is 14.3. The van der Waals surface area contributed by atoms with Gasteiger partial charge < -0.3 is 25.4 Å². The van der Waals surface area contributed by atoms with E-state index in [0.29, 0.717) is 47.9 Å². The number of ether oxygens (including phenoxy) is 2. The van der Waals surface area contributed by atoms with Crippen LogP contribution in [0.4, 0.5) is 0 Å². The van der Waals surface area contributed by atoms with Gasteiger partial charge in [0.25, 0.3) is 5.91 Å². The highest BCUT2D eigenvalue weighted by molar-refractivity contribution is 7.91. The molecule has 4 heterocycles. The smallest absolute Gasteiger partial charge is 0.259 e. The Balaban J connectivity index is 1.11. The fourth-order valence-corrected chi connectivity index (χ4v) is 9.92. The molecule has 0 spiro atoms. The van der Waals surface area contributed by atoms with Gasteiger partial charge in [0, 0.05) is 40.7 Å². The van der Waals surface area contributed by atoms with E-state index in [-0.39, 0.29) is 31.2 Å². The van der Waals surface area contributed by atoms with Crippen molar-refractivity contribution in [2.45, 2.75) is 112 Å². The van der Waals surface area contributed by atoms with Crippen LogP contribution in [-0.4, -0.2) is 83.6 Å². The van der Waals surface area contributed by atoms with Gasteiger partial charge in [0.15, 0.2) is 0 Å². The van der Waals surface area contributed by atoms with Crippen LogP contribution < -0.4 is 25.2 Å². The lowest BCUT2D eigenvalue weighted by molar-refractivity contribution is -0.140. The Morgan fingerprint density at radius 3 is 2.66 bits per heavy atom. The molecule has 3 amide bonds. The number of carbonyl (C=O) groups is 3. The zero-order chi connectivity index (χ0) is 37.1. The SMILES string of the molecule is COc1ccc2c(O[C@@H]3C[C@H]4C(=O)N[C@]5(C(=O)NS(=O)(=O)C6CC6)CC5/C=C/CCCCCC(N)C(=O)N4C3)cc(-c3nc(C4CC4)cs3)nc2c1C. The topological polar surface area (TPSA) is 183 Å². The van der Waals surface area contributed by atoms with E-state index in [4.69, 9.17) is 25.2 Å². The van der Waals surface area contributed by atoms with Crippen LogP contribution in [0, 0.1) is 12.8 Å². The molecule has 0 bridgehead atoms. The van der Waals surface area contributed by atoms with E-state index in [2.05, 4.69) is 15.4 Å². The molecule has 53 heavy (non-hydrogen) atoms. The van der Waals surface area contributed by atoms with Crippen LogP contribution in [0.3, 0.4) is 0 Å². The Morgan fingerprint density at radius 1 is 1.09 bits per heavy atom. The normalized spacial score (nSPS) is 28.6. The number of methoxy groups -OCH3 is 1. The number of thiazole rings is 1. The third-order valence-corrected chi connectivity index (χ3v) is 14.0. The zero-order valence-electron chi connectivity index (χ0n) is 30.0. The van der Waals surface area contributed by atoms with E-state index in [0.717, 1.165) is 60.2 Å². The van der Waals surface area contributed by atoms with E-state index in [1.165, 1.54) is 16.2 Å². The predicted octanol–water partition coefficient (Wildman–Crippen LogP) is 4.23. The van der Waals surface area contributed by atoms with E-state index >= 15 is 0 Å². The molecule has 2 aliphatic heterocycles. The molecule has 2 unspecified atom stereocenters. The van der Waals surface area contributed by atoms with Crippen molar-refractivity contribution in [1.82, 2.24) is 24.9 Å². The van der Waals surface area contributed by atoms with Gasteiger partial charge in [-0.05, 0) is 70.4 Å². The summed E-state index contributed by atoms with van der Waals surface area (Å²) >= 11 is 1.54. The second-order valence-electron chi connectivity index (χ2n) is 15.2. The number of nitrogens with two attached hydrogens (primary N) is 1. The predicted molar refractivity (Wildman–Crippen MR) is 200 cm³/mol. The summed E-state index contributed by atoms with van der Waals surface area (Å²) in [6, 6.07) is 3.82. The number of nitrogens with zero attached hydrogens (tertiary/aromatic N) is 3. The summed E-state index contributed by atoms with van der Waals surface area (Å²) in [5, 5.41) is 5.94. The summed E-state index contributed by atoms with van der Waals surface area (Å²) < 4.78 is 40.2. The van der Waals surface area contributed by atoms with E-state index in [1.54, 1.807) is 7.11 Å². The third kappa shape index (κ3) is 7.15. The van der Waals surface area contributed by atoms with Crippen LogP contribution in [0.5, 0.6) is 11.5 Å². The molecule has 5 atom stereocenters. The fraction of sp³-hybridized carbons (Fsp3) is 0.553. The number of aromatic nitrogens is 2. The second kappa shape index (κ2) is 14.0. The van der Waals surface area contributed by atoms with Gasteiger partial charge in [-0.25, -0.2) is 18.4 Å². The van der Waals surface area contributed by atoms with Crippen molar-refractivity contribution in [2.24, 2.45) is 11.7 Å². The Morgan fingerprint density at radius 2 is 1.91 bits per heavy atom. The van der Waals surface area contributed by atoms with Crippen molar-refractivity contribution in [3.63, 3.8) is 0 Å². The largest absolute Gasteiger partial charge is 0.496 e. The van der Waals surface area contributed by atoms with Crippen LogP contribution in [0.15, 0.2) is 35.7 Å². The Kier molecular flexibility index (Phi) is 9.46. The number of hydrogen-bond donors (Lipinski definition) is 3. The van der Waals surface area contributed by atoms with Crippen molar-refractivity contribution in [2.75, 3.05) is 13.7 Å². The highest BCUT2D eigenvalue weighted by atomic mass is 32.2. The molecule has 3 aromatic rings. The molecule has 5 aliphatic rings. The number of fused-ring (bicyclic) bond motifs is 3. The Bertz CT molecular complexity index is 2090. The average molecular weight is 763 g/mol. The molecule has 4 N–H and O–H groups in total. The number of carbonyl (C=O) groups excluding carboxylic acids is 3. The first-order valence-corrected chi connectivity index (χ1v) is 21.1. The molecule has 282 valence electrons. The van der Waals surface area contributed by atoms with E-state index < -0.39 is 50.8 Å². The minimum atomic E-state index is -3.85. The number of allylic oxidation sites excluding steroid dienone is 1. The van der Waals surface area contributed by atoms with E-state index in [9.17, 15) is 22.8 Å². The molecule has 1 aromatic carbocycles. The number of nitrogens with one attached hydrogen (secondary N) is 2. The van der Waals surface area contributed by atoms with Crippen LogP contribution in [-0.2, 0) is 24.4 Å². The maximum atomic E-state index is 14.3. The molecule has 3 aliphatic carbocycles. The van der Waals surface area contributed by atoms with E-state index in [1.807, 2.05) is 37.3 Å². The van der Waals surface area contributed by atoms with Crippen LogP contribution >= 0.6 is 11.3 Å². The first kappa shape index (κ1) is 35.9. The van der Waals surface area contributed by atoms with Crippen LogP contribution in [0.2, 0.25) is 0 Å². The lowest BCUT2D eigenvalue weighted by Crippen LogP contribution is -2.57. The number of aryl methyl sites for hydroxylation is 1. The fourth-order valence-electron chi connectivity index (χ4n) is 7.70. The standard InChI is InChI=1S/C38H46N6O7S2/c1-21-31(50-2)15-14-26-32(17-28(40-33(21)26)35-41-29(20-52-35)22-10-11-22)51-24-16-30-34(45)42-38(37(47)43-53(48,49)25-12-13-25)18-23(38)8-6-4-3-5-7-9-27(39)36(46)44(30)19-24/h6,8,14-15,17,20,22-25,27,30H,3-5,7,9-13,16,18-19,39H2,1-2H3,(H,42,45)(H,43,47)/b8-6+/t23?,24-,27?,30+,38-/m1/s1. The zero-order valence-corrected chi connectivity index (χ0v) is 31.6. The van der Waals surface area contributed by atoms with Crippen molar-refractivity contribution in [3.8, 4) is 22.2 Å². The van der Waals surface area contributed by atoms with Crippen molar-refractivity contribution in [1.29, 1.82) is 0 Å². The van der Waals surface area contributed by atoms with Crippen LogP contribution in [0.25, 0.3) is 21.6 Å². The lowest BCUT2D eigenvalue weighted by atomic mass is 10.1. The number of hydrogen-bond acceptors (Lipinski definition) is 11.